The Hall–Kier alpha value is -2.98. The zero-order valence-corrected chi connectivity index (χ0v) is 11.9. The van der Waals surface area contributed by atoms with Crippen LogP contribution in [0.5, 0.6) is 0 Å². The van der Waals surface area contributed by atoms with Crippen LogP contribution in [0.1, 0.15) is 17.2 Å². The van der Waals surface area contributed by atoms with Crippen molar-refractivity contribution in [3.8, 4) is 0 Å². The van der Waals surface area contributed by atoms with Crippen LogP contribution >= 0.6 is 0 Å². The largest absolute Gasteiger partial charge is 0.445 e. The van der Waals surface area contributed by atoms with Crippen molar-refractivity contribution in [1.82, 2.24) is 5.32 Å². The van der Waals surface area contributed by atoms with E-state index in [1.807, 2.05) is 60.7 Å². The van der Waals surface area contributed by atoms with Gasteiger partial charge in [-0.3, -0.25) is 0 Å². The van der Waals surface area contributed by atoms with E-state index < -0.39 is 12.1 Å². The smallest absolute Gasteiger partial charge is 0.407 e. The maximum atomic E-state index is 11.9. The number of amides is 1. The van der Waals surface area contributed by atoms with Crippen molar-refractivity contribution in [3.05, 3.63) is 82.2 Å². The van der Waals surface area contributed by atoms with Crippen molar-refractivity contribution in [2.24, 2.45) is 5.11 Å². The number of hydrogen-bond acceptors (Lipinski definition) is 3. The number of carbonyl (C=O) groups is 1. The first-order chi connectivity index (χ1) is 10.8. The first-order valence-electron chi connectivity index (χ1n) is 6.82. The second kappa shape index (κ2) is 8.34. The molecule has 0 saturated heterocycles. The number of nitrogens with one attached hydrogen (secondary N) is 1. The van der Waals surface area contributed by atoms with E-state index in [9.17, 15) is 4.79 Å². The van der Waals surface area contributed by atoms with E-state index >= 15 is 0 Å². The van der Waals surface area contributed by atoms with Crippen LogP contribution in [0.25, 0.3) is 10.4 Å². The minimum absolute atomic E-state index is 0.126. The van der Waals surface area contributed by atoms with Crippen LogP contribution < -0.4 is 5.32 Å². The molecule has 0 aromatic heterocycles. The maximum absolute atomic E-state index is 11.9. The van der Waals surface area contributed by atoms with Crippen LogP contribution in [0, 0.1) is 0 Å². The van der Waals surface area contributed by atoms with Gasteiger partial charge in [0.2, 0.25) is 0 Å². The second-order valence-corrected chi connectivity index (χ2v) is 4.58. The molecule has 0 fully saturated rings. The molecule has 0 aliphatic carbocycles. The summed E-state index contributed by atoms with van der Waals surface area (Å²) in [6.45, 7) is 0.316. The van der Waals surface area contributed by atoms with Crippen LogP contribution in [0.15, 0.2) is 65.8 Å². The molecule has 6 nitrogen and oxygen atoms in total. The minimum Gasteiger partial charge on any atom is -0.445 e. The van der Waals surface area contributed by atoms with Gasteiger partial charge in [-0.2, -0.15) is 0 Å². The minimum atomic E-state index is -0.550. The van der Waals surface area contributed by atoms with E-state index in [1.165, 1.54) is 0 Å². The van der Waals surface area contributed by atoms with Gasteiger partial charge in [-0.15, -0.1) is 0 Å². The number of rotatable bonds is 6. The summed E-state index contributed by atoms with van der Waals surface area (Å²) in [5.41, 5.74) is 10.2. The van der Waals surface area contributed by atoms with Gasteiger partial charge < -0.3 is 10.1 Å². The summed E-state index contributed by atoms with van der Waals surface area (Å²) in [6.07, 6.45) is -0.550. The number of azide groups is 1. The van der Waals surface area contributed by atoms with Gasteiger partial charge >= 0.3 is 6.09 Å². The van der Waals surface area contributed by atoms with E-state index in [1.54, 1.807) is 0 Å². The van der Waals surface area contributed by atoms with Crippen molar-refractivity contribution in [3.63, 3.8) is 0 Å². The van der Waals surface area contributed by atoms with Gasteiger partial charge in [-0.05, 0) is 16.7 Å². The molecular formula is C16H16N4O2. The highest BCUT2D eigenvalue weighted by atomic mass is 16.5. The third-order valence-corrected chi connectivity index (χ3v) is 3.03. The Morgan fingerprint density at radius 1 is 1.14 bits per heavy atom. The number of nitrogens with zero attached hydrogens (tertiary/aromatic N) is 3. The van der Waals surface area contributed by atoms with E-state index in [2.05, 4.69) is 15.3 Å². The molecule has 0 bridgehead atoms. The Kier molecular flexibility index (Phi) is 5.84. The lowest BCUT2D eigenvalue weighted by atomic mass is 10.1. The highest BCUT2D eigenvalue weighted by Gasteiger charge is 2.14. The normalized spacial score (nSPS) is 11.1. The molecule has 0 spiro atoms. The lowest BCUT2D eigenvalue weighted by Gasteiger charge is -2.17. The fourth-order valence-electron chi connectivity index (χ4n) is 1.94. The maximum Gasteiger partial charge on any atom is 0.407 e. The van der Waals surface area contributed by atoms with Gasteiger partial charge in [0, 0.05) is 4.91 Å². The van der Waals surface area contributed by atoms with Crippen LogP contribution in [-0.2, 0) is 11.3 Å². The Bertz CT molecular complexity index is 640. The van der Waals surface area contributed by atoms with Crippen LogP contribution in [-0.4, -0.2) is 12.6 Å². The molecule has 2 rings (SSSR count). The fourth-order valence-corrected chi connectivity index (χ4v) is 1.94. The molecule has 0 aliphatic rings. The van der Waals surface area contributed by atoms with Gasteiger partial charge in [0.1, 0.15) is 6.61 Å². The number of ether oxygens (including phenoxy) is 1. The molecule has 1 N–H and O–H groups in total. The molecule has 6 heteroatoms. The summed E-state index contributed by atoms with van der Waals surface area (Å²) >= 11 is 0. The topological polar surface area (TPSA) is 87.1 Å². The van der Waals surface area contributed by atoms with E-state index in [0.717, 1.165) is 11.1 Å². The van der Waals surface area contributed by atoms with Crippen molar-refractivity contribution >= 4 is 6.09 Å². The summed E-state index contributed by atoms with van der Waals surface area (Å²) in [6, 6.07) is 18.3. The van der Waals surface area contributed by atoms with Crippen LogP contribution in [0.3, 0.4) is 0 Å². The Labute approximate surface area is 128 Å². The van der Waals surface area contributed by atoms with Gasteiger partial charge in [0.05, 0.1) is 12.6 Å². The van der Waals surface area contributed by atoms with Gasteiger partial charge in [0.15, 0.2) is 0 Å². The Morgan fingerprint density at radius 2 is 1.77 bits per heavy atom. The molecule has 0 radical (unpaired) electrons. The zero-order chi connectivity index (χ0) is 15.6. The summed E-state index contributed by atoms with van der Waals surface area (Å²) in [5, 5.41) is 6.24. The SMILES string of the molecule is [N-]=[N+]=NCC(NC(=O)OCc1ccccc1)c1ccccc1. The van der Waals surface area contributed by atoms with Crippen molar-refractivity contribution < 1.29 is 9.53 Å². The molecule has 0 saturated carbocycles. The summed E-state index contributed by atoms with van der Waals surface area (Å²) < 4.78 is 5.18. The Balaban J connectivity index is 1.94. The molecule has 1 atom stereocenters. The number of benzene rings is 2. The highest BCUT2D eigenvalue weighted by molar-refractivity contribution is 5.68. The molecule has 1 amide bonds. The first-order valence-corrected chi connectivity index (χ1v) is 6.82. The van der Waals surface area contributed by atoms with Gasteiger partial charge in [-0.25, -0.2) is 4.79 Å². The van der Waals surface area contributed by atoms with Crippen molar-refractivity contribution in [2.45, 2.75) is 12.6 Å². The predicted octanol–water partition coefficient (Wildman–Crippen LogP) is 3.96. The average molecular weight is 296 g/mol. The zero-order valence-electron chi connectivity index (χ0n) is 11.9. The van der Waals surface area contributed by atoms with Gasteiger partial charge in [0.25, 0.3) is 0 Å². The predicted molar refractivity (Wildman–Crippen MR) is 83.0 cm³/mol. The van der Waals surface area contributed by atoms with Crippen LogP contribution in [0.2, 0.25) is 0 Å². The average Bonchev–Trinajstić information content (AvgIpc) is 2.58. The lowest BCUT2D eigenvalue weighted by molar-refractivity contribution is 0.136. The molecular weight excluding hydrogens is 280 g/mol. The lowest BCUT2D eigenvalue weighted by Crippen LogP contribution is -2.30. The number of alkyl carbamates (subject to hydrolysis) is 1. The molecule has 2 aromatic rings. The van der Waals surface area contributed by atoms with Crippen molar-refractivity contribution in [2.75, 3.05) is 6.54 Å². The quantitative estimate of drug-likeness (QED) is 0.496. The molecule has 0 aliphatic heterocycles. The van der Waals surface area contributed by atoms with Gasteiger partial charge in [-0.1, -0.05) is 65.8 Å². The molecule has 0 heterocycles. The van der Waals surface area contributed by atoms with E-state index in [4.69, 9.17) is 10.3 Å². The summed E-state index contributed by atoms with van der Waals surface area (Å²) in [4.78, 5) is 14.6. The standard InChI is InChI=1S/C16H16N4O2/c17-20-18-11-15(14-9-5-2-6-10-14)19-16(21)22-12-13-7-3-1-4-8-13/h1-10,15H,11-12H2,(H,19,21). The third-order valence-electron chi connectivity index (χ3n) is 3.03. The number of carbonyl (C=O) groups excluding carboxylic acids is 1. The van der Waals surface area contributed by atoms with Crippen LogP contribution in [0.4, 0.5) is 4.79 Å². The van der Waals surface area contributed by atoms with E-state index in [-0.39, 0.29) is 13.2 Å². The van der Waals surface area contributed by atoms with Crippen molar-refractivity contribution in [1.29, 1.82) is 0 Å². The molecule has 1 unspecified atom stereocenters. The third kappa shape index (κ3) is 4.85. The second-order valence-electron chi connectivity index (χ2n) is 4.58. The summed E-state index contributed by atoms with van der Waals surface area (Å²) in [5.74, 6) is 0. The van der Waals surface area contributed by atoms with E-state index in [0.29, 0.717) is 0 Å². The monoisotopic (exact) mass is 296 g/mol. The number of hydrogen-bond donors (Lipinski definition) is 1. The first kappa shape index (κ1) is 15.4. The fraction of sp³-hybridized carbons (Fsp3) is 0.188. The highest BCUT2D eigenvalue weighted by Crippen LogP contribution is 2.13. The Morgan fingerprint density at radius 3 is 2.41 bits per heavy atom. The molecule has 2 aromatic carbocycles. The molecule has 22 heavy (non-hydrogen) atoms. The molecule has 112 valence electrons. The summed E-state index contributed by atoms with van der Waals surface area (Å²) in [7, 11) is 0.